The smallest absolute Gasteiger partial charge is 0.201 e. The van der Waals surface area contributed by atoms with E-state index in [1.807, 2.05) is 34.9 Å². The zero-order valence-electron chi connectivity index (χ0n) is 10.1. The summed E-state index contributed by atoms with van der Waals surface area (Å²) in [6.07, 6.45) is 3.48. The third kappa shape index (κ3) is 2.34. The van der Waals surface area contributed by atoms with Gasteiger partial charge in [0.15, 0.2) is 11.4 Å². The second-order valence-electron chi connectivity index (χ2n) is 3.95. The van der Waals surface area contributed by atoms with Gasteiger partial charge in [-0.15, -0.1) is 10.2 Å². The summed E-state index contributed by atoms with van der Waals surface area (Å²) in [6.45, 7) is 1.52. The lowest BCUT2D eigenvalue weighted by Gasteiger charge is -2.00. The van der Waals surface area contributed by atoms with Crippen molar-refractivity contribution in [2.24, 2.45) is 0 Å². The number of carbonyl (C=O) groups is 1. The lowest BCUT2D eigenvalue weighted by molar-refractivity contribution is 0.101. The van der Waals surface area contributed by atoms with Gasteiger partial charge in [-0.05, 0) is 43.0 Å². The summed E-state index contributed by atoms with van der Waals surface area (Å²) in [7, 11) is 0. The molecule has 0 N–H and O–H groups in total. The van der Waals surface area contributed by atoms with Crippen molar-refractivity contribution >= 4 is 23.2 Å². The van der Waals surface area contributed by atoms with Crippen molar-refractivity contribution in [1.82, 2.24) is 19.6 Å². The molecule has 0 fully saturated rings. The number of aromatic nitrogens is 4. The zero-order chi connectivity index (χ0) is 13.2. The topological polar surface area (TPSA) is 60.2 Å². The average molecular weight is 270 g/mol. The van der Waals surface area contributed by atoms with E-state index in [1.165, 1.54) is 18.7 Å². The molecular weight excluding hydrogens is 260 g/mol. The third-order valence-electron chi connectivity index (χ3n) is 2.62. The Morgan fingerprint density at radius 2 is 2.11 bits per heavy atom. The van der Waals surface area contributed by atoms with Gasteiger partial charge in [-0.1, -0.05) is 6.07 Å². The van der Waals surface area contributed by atoms with E-state index in [-0.39, 0.29) is 5.78 Å². The summed E-state index contributed by atoms with van der Waals surface area (Å²) in [5, 5.41) is 9.72. The van der Waals surface area contributed by atoms with Crippen LogP contribution in [0.25, 0.3) is 5.65 Å². The van der Waals surface area contributed by atoms with Crippen LogP contribution in [0, 0.1) is 0 Å². The van der Waals surface area contributed by atoms with E-state index in [2.05, 4.69) is 15.2 Å². The number of ketones is 1. The number of Topliss-reactive ketones (excluding diaryl/α,β-unsaturated/α-hetero) is 1. The molecule has 94 valence electrons. The molecule has 5 nitrogen and oxygen atoms in total. The molecule has 0 aliphatic heterocycles. The molecule has 0 aliphatic carbocycles. The number of pyridine rings is 2. The first-order chi connectivity index (χ1) is 9.24. The number of rotatable bonds is 3. The minimum atomic E-state index is 0.0111. The van der Waals surface area contributed by atoms with E-state index in [0.717, 1.165) is 15.8 Å². The van der Waals surface area contributed by atoms with Gasteiger partial charge >= 0.3 is 0 Å². The van der Waals surface area contributed by atoms with Crippen LogP contribution in [0.3, 0.4) is 0 Å². The van der Waals surface area contributed by atoms with E-state index in [9.17, 15) is 4.79 Å². The Morgan fingerprint density at radius 3 is 2.84 bits per heavy atom. The Balaban J connectivity index is 1.90. The number of carbonyl (C=O) groups excluding carboxylic acids is 1. The van der Waals surface area contributed by atoms with Gasteiger partial charge in [0.25, 0.3) is 0 Å². The molecule has 0 aliphatic rings. The van der Waals surface area contributed by atoms with Gasteiger partial charge in [-0.25, -0.2) is 4.98 Å². The summed E-state index contributed by atoms with van der Waals surface area (Å²) in [4.78, 5) is 15.4. The molecule has 3 aromatic heterocycles. The molecular formula is C13H10N4OS. The van der Waals surface area contributed by atoms with Crippen molar-refractivity contribution in [3.05, 3.63) is 48.3 Å². The summed E-state index contributed by atoms with van der Waals surface area (Å²) in [5.41, 5.74) is 1.40. The molecule has 19 heavy (non-hydrogen) atoms. The maximum absolute atomic E-state index is 11.2. The maximum atomic E-state index is 11.2. The normalized spacial score (nSPS) is 10.8. The Hall–Kier alpha value is -2.21. The highest BCUT2D eigenvalue weighted by Crippen LogP contribution is 2.24. The van der Waals surface area contributed by atoms with E-state index in [1.54, 1.807) is 12.3 Å². The van der Waals surface area contributed by atoms with Crippen LogP contribution in [0.15, 0.2) is 52.9 Å². The van der Waals surface area contributed by atoms with Crippen LogP contribution in [-0.4, -0.2) is 25.4 Å². The minimum absolute atomic E-state index is 0.0111. The first-order valence-corrected chi connectivity index (χ1v) is 6.50. The van der Waals surface area contributed by atoms with Crippen molar-refractivity contribution in [2.75, 3.05) is 0 Å². The summed E-state index contributed by atoms with van der Waals surface area (Å²) in [5.74, 6) is 0.0111. The van der Waals surface area contributed by atoms with Gasteiger partial charge < -0.3 is 0 Å². The Bertz CT molecular complexity index is 736. The molecule has 3 heterocycles. The second kappa shape index (κ2) is 4.81. The monoisotopic (exact) mass is 270 g/mol. The van der Waals surface area contributed by atoms with Gasteiger partial charge in [0, 0.05) is 18.0 Å². The highest BCUT2D eigenvalue weighted by molar-refractivity contribution is 7.99. The van der Waals surface area contributed by atoms with E-state index in [0.29, 0.717) is 5.56 Å². The molecule has 6 heteroatoms. The van der Waals surface area contributed by atoms with Crippen LogP contribution in [-0.2, 0) is 0 Å². The quantitative estimate of drug-likeness (QED) is 0.684. The van der Waals surface area contributed by atoms with Gasteiger partial charge in [0.1, 0.15) is 5.03 Å². The zero-order valence-corrected chi connectivity index (χ0v) is 11.0. The van der Waals surface area contributed by atoms with Gasteiger partial charge in [-0.3, -0.25) is 9.20 Å². The maximum Gasteiger partial charge on any atom is 0.201 e. The Labute approximate surface area is 113 Å². The summed E-state index contributed by atoms with van der Waals surface area (Å²) >= 11 is 1.41. The van der Waals surface area contributed by atoms with Crippen LogP contribution in [0.2, 0.25) is 0 Å². The van der Waals surface area contributed by atoms with Crippen molar-refractivity contribution in [3.8, 4) is 0 Å². The molecule has 0 amide bonds. The molecule has 0 unspecified atom stereocenters. The number of hydrogen-bond donors (Lipinski definition) is 0. The molecule has 0 saturated carbocycles. The number of nitrogens with zero attached hydrogens (tertiary/aromatic N) is 4. The van der Waals surface area contributed by atoms with Crippen molar-refractivity contribution < 1.29 is 4.79 Å². The Morgan fingerprint density at radius 1 is 1.21 bits per heavy atom. The van der Waals surface area contributed by atoms with Gasteiger partial charge in [-0.2, -0.15) is 0 Å². The molecule has 3 rings (SSSR count). The SMILES string of the molecule is CC(=O)c1ccc(Sc2nnc3ccccn23)nc1. The Kier molecular flexibility index (Phi) is 3.00. The highest BCUT2D eigenvalue weighted by atomic mass is 32.2. The van der Waals surface area contributed by atoms with Crippen molar-refractivity contribution in [2.45, 2.75) is 17.1 Å². The van der Waals surface area contributed by atoms with E-state index >= 15 is 0 Å². The predicted molar refractivity (Wildman–Crippen MR) is 71.4 cm³/mol. The average Bonchev–Trinajstić information content (AvgIpc) is 2.83. The predicted octanol–water partition coefficient (Wildman–Crippen LogP) is 2.48. The number of hydrogen-bond acceptors (Lipinski definition) is 5. The largest absolute Gasteiger partial charge is 0.294 e. The molecule has 0 bridgehead atoms. The summed E-state index contributed by atoms with van der Waals surface area (Å²) < 4.78 is 1.89. The molecule has 3 aromatic rings. The van der Waals surface area contributed by atoms with E-state index < -0.39 is 0 Å². The van der Waals surface area contributed by atoms with Crippen LogP contribution >= 0.6 is 11.8 Å². The fourth-order valence-corrected chi connectivity index (χ4v) is 2.39. The molecule has 0 aromatic carbocycles. The molecule has 0 saturated heterocycles. The fraction of sp³-hybridized carbons (Fsp3) is 0.0769. The van der Waals surface area contributed by atoms with Crippen LogP contribution < -0.4 is 0 Å². The van der Waals surface area contributed by atoms with Crippen molar-refractivity contribution in [3.63, 3.8) is 0 Å². The lowest BCUT2D eigenvalue weighted by atomic mass is 10.2. The second-order valence-corrected chi connectivity index (χ2v) is 4.94. The fourth-order valence-electron chi connectivity index (χ4n) is 1.63. The first kappa shape index (κ1) is 11.9. The van der Waals surface area contributed by atoms with E-state index in [4.69, 9.17) is 0 Å². The van der Waals surface area contributed by atoms with Gasteiger partial charge in [0.2, 0.25) is 5.16 Å². The molecule has 0 radical (unpaired) electrons. The first-order valence-electron chi connectivity index (χ1n) is 5.68. The van der Waals surface area contributed by atoms with Crippen LogP contribution in [0.5, 0.6) is 0 Å². The lowest BCUT2D eigenvalue weighted by Crippen LogP contribution is -1.93. The van der Waals surface area contributed by atoms with Crippen molar-refractivity contribution in [1.29, 1.82) is 0 Å². The summed E-state index contributed by atoms with van der Waals surface area (Å²) in [6, 6.07) is 9.31. The standard InChI is InChI=1S/C13H10N4OS/c1-9(18)10-5-6-12(14-8-10)19-13-16-15-11-4-2-3-7-17(11)13/h2-8H,1H3. The minimum Gasteiger partial charge on any atom is -0.294 e. The van der Waals surface area contributed by atoms with Crippen LogP contribution in [0.1, 0.15) is 17.3 Å². The molecule has 0 atom stereocenters. The van der Waals surface area contributed by atoms with Gasteiger partial charge in [0.05, 0.1) is 0 Å². The third-order valence-corrected chi connectivity index (χ3v) is 3.53. The highest BCUT2D eigenvalue weighted by Gasteiger charge is 2.08. The molecule has 0 spiro atoms. The number of fused-ring (bicyclic) bond motifs is 1. The van der Waals surface area contributed by atoms with Crippen LogP contribution in [0.4, 0.5) is 0 Å².